The summed E-state index contributed by atoms with van der Waals surface area (Å²) < 4.78 is 0.860. The van der Waals surface area contributed by atoms with E-state index >= 15 is 0 Å². The Balaban J connectivity index is 2.86. The number of hydrogen-bond acceptors (Lipinski definition) is 2. The van der Waals surface area contributed by atoms with Gasteiger partial charge in [0, 0.05) is 0 Å². The molecule has 4 heteroatoms. The van der Waals surface area contributed by atoms with E-state index in [4.69, 9.17) is 0 Å². The summed E-state index contributed by atoms with van der Waals surface area (Å²) in [6.07, 6.45) is 4.05. The van der Waals surface area contributed by atoms with E-state index in [1.807, 2.05) is 18.2 Å². The summed E-state index contributed by atoms with van der Waals surface area (Å²) in [4.78, 5) is 10.9. The second-order valence-corrected chi connectivity index (χ2v) is 6.09. The van der Waals surface area contributed by atoms with Gasteiger partial charge in [0.1, 0.15) is 0 Å². The Morgan fingerprint density at radius 1 is 1.56 bits per heavy atom. The van der Waals surface area contributed by atoms with Gasteiger partial charge in [0.2, 0.25) is 0 Å². The molecule has 1 aromatic carbocycles. The van der Waals surface area contributed by atoms with Gasteiger partial charge in [-0.3, -0.25) is 0 Å². The molecule has 1 unspecified atom stereocenters. The third-order valence-electron chi connectivity index (χ3n) is 2.18. The van der Waals surface area contributed by atoms with Crippen molar-refractivity contribution >= 4 is 25.1 Å². The Bertz CT molecular complexity index is 379. The van der Waals surface area contributed by atoms with Gasteiger partial charge in [0.05, 0.1) is 0 Å². The van der Waals surface area contributed by atoms with Gasteiger partial charge in [0.15, 0.2) is 0 Å². The van der Waals surface area contributed by atoms with E-state index in [-0.39, 0.29) is 25.6 Å². The third kappa shape index (κ3) is 3.47. The molecule has 0 saturated heterocycles. The molecule has 1 aromatic rings. The molecule has 86 valence electrons. The molecule has 0 aliphatic heterocycles. The monoisotopic (exact) mass is 285 g/mol. The number of hydrogen-bond donors (Lipinski definition) is 0. The molecule has 0 N–H and O–H groups in total. The quantitative estimate of drug-likeness (QED) is 0.349. The predicted octanol–water partition coefficient (Wildman–Crippen LogP) is 2.70. The standard InChI is InChI=1S/C12H15NO2Se/c1-3-7-10(4-2)16-12-9-6-5-8-11(12)13(14)15/h4-6,8-10H,2-3,7H2,1H3. The van der Waals surface area contributed by atoms with Gasteiger partial charge in [-0.25, -0.2) is 0 Å². The van der Waals surface area contributed by atoms with Crippen LogP contribution in [0.3, 0.4) is 0 Å². The van der Waals surface area contributed by atoms with Crippen LogP contribution in [0.5, 0.6) is 0 Å². The Labute approximate surface area is 102 Å². The number of allylic oxidation sites excluding steroid dienone is 1. The number of nitro benzene ring substituents is 1. The van der Waals surface area contributed by atoms with Crippen molar-refractivity contribution < 1.29 is 4.92 Å². The van der Waals surface area contributed by atoms with E-state index in [0.29, 0.717) is 4.82 Å². The first-order valence-electron chi connectivity index (χ1n) is 5.21. The number of rotatable bonds is 6. The fourth-order valence-electron chi connectivity index (χ4n) is 1.38. The molecule has 0 saturated carbocycles. The minimum atomic E-state index is -0.302. The van der Waals surface area contributed by atoms with Crippen LogP contribution < -0.4 is 4.46 Å². The van der Waals surface area contributed by atoms with Crippen LogP contribution >= 0.6 is 0 Å². The van der Waals surface area contributed by atoms with Crippen LogP contribution in [0, 0.1) is 10.1 Å². The summed E-state index contributed by atoms with van der Waals surface area (Å²) in [5, 5.41) is 10.8. The van der Waals surface area contributed by atoms with Crippen molar-refractivity contribution in [2.24, 2.45) is 0 Å². The zero-order valence-electron chi connectivity index (χ0n) is 9.26. The van der Waals surface area contributed by atoms with Crippen molar-refractivity contribution in [3.63, 3.8) is 0 Å². The van der Waals surface area contributed by atoms with E-state index in [0.717, 1.165) is 17.3 Å². The maximum atomic E-state index is 10.8. The number of nitro groups is 1. The first-order chi connectivity index (χ1) is 7.69. The van der Waals surface area contributed by atoms with Crippen molar-refractivity contribution in [3.8, 4) is 0 Å². The number of para-hydroxylation sites is 1. The summed E-state index contributed by atoms with van der Waals surface area (Å²) in [6.45, 7) is 5.91. The van der Waals surface area contributed by atoms with Gasteiger partial charge in [0.25, 0.3) is 0 Å². The van der Waals surface area contributed by atoms with Gasteiger partial charge in [-0.1, -0.05) is 0 Å². The molecule has 0 fully saturated rings. The van der Waals surface area contributed by atoms with Crippen LogP contribution in [0.2, 0.25) is 4.82 Å². The van der Waals surface area contributed by atoms with Crippen molar-refractivity contribution in [3.05, 3.63) is 47.0 Å². The Hall–Kier alpha value is -1.12. The SMILES string of the molecule is C=CC(CCC)[Se]c1ccccc1[N+](=O)[O-]. The average Bonchev–Trinajstić information content (AvgIpc) is 2.29. The molecule has 16 heavy (non-hydrogen) atoms. The van der Waals surface area contributed by atoms with Gasteiger partial charge in [-0.05, 0) is 0 Å². The summed E-state index contributed by atoms with van der Waals surface area (Å²) in [7, 11) is 0. The molecule has 0 spiro atoms. The average molecular weight is 284 g/mol. The van der Waals surface area contributed by atoms with E-state index in [2.05, 4.69) is 13.5 Å². The van der Waals surface area contributed by atoms with Crippen LogP contribution in [0.1, 0.15) is 19.8 Å². The molecule has 0 aliphatic carbocycles. The topological polar surface area (TPSA) is 43.1 Å². The Morgan fingerprint density at radius 2 is 2.25 bits per heavy atom. The third-order valence-corrected chi connectivity index (χ3v) is 4.97. The van der Waals surface area contributed by atoms with Crippen LogP contribution in [0.15, 0.2) is 36.9 Å². The molecule has 0 bridgehead atoms. The Morgan fingerprint density at radius 3 is 2.81 bits per heavy atom. The maximum absolute atomic E-state index is 10.8. The van der Waals surface area contributed by atoms with Gasteiger partial charge >= 0.3 is 102 Å². The molecule has 0 aromatic heterocycles. The minimum absolute atomic E-state index is 0.0986. The van der Waals surface area contributed by atoms with E-state index in [1.54, 1.807) is 12.1 Å². The van der Waals surface area contributed by atoms with Crippen molar-refractivity contribution in [2.75, 3.05) is 0 Å². The van der Waals surface area contributed by atoms with Gasteiger partial charge in [-0.2, -0.15) is 0 Å². The fourth-order valence-corrected chi connectivity index (χ4v) is 3.89. The zero-order chi connectivity index (χ0) is 12.0. The molecule has 0 radical (unpaired) electrons. The summed E-state index contributed by atoms with van der Waals surface area (Å²) in [5.41, 5.74) is 0.241. The summed E-state index contributed by atoms with van der Waals surface area (Å²) in [6, 6.07) is 6.99. The summed E-state index contributed by atoms with van der Waals surface area (Å²) >= 11 is 0.0986. The van der Waals surface area contributed by atoms with Crippen molar-refractivity contribution in [1.82, 2.24) is 0 Å². The van der Waals surface area contributed by atoms with Crippen molar-refractivity contribution in [2.45, 2.75) is 24.6 Å². The Kier molecular flexibility index (Phi) is 5.23. The molecule has 3 nitrogen and oxygen atoms in total. The molecule has 1 rings (SSSR count). The van der Waals surface area contributed by atoms with E-state index < -0.39 is 0 Å². The van der Waals surface area contributed by atoms with E-state index in [9.17, 15) is 10.1 Å². The van der Waals surface area contributed by atoms with Crippen LogP contribution in [-0.2, 0) is 0 Å². The van der Waals surface area contributed by atoms with E-state index in [1.165, 1.54) is 0 Å². The normalized spacial score (nSPS) is 12.1. The second-order valence-electron chi connectivity index (χ2n) is 3.41. The zero-order valence-corrected chi connectivity index (χ0v) is 11.0. The van der Waals surface area contributed by atoms with Crippen LogP contribution in [-0.4, -0.2) is 19.9 Å². The molecule has 1 atom stereocenters. The molecular formula is C12H15NO2Se. The molecule has 0 heterocycles. The number of benzene rings is 1. The van der Waals surface area contributed by atoms with Crippen LogP contribution in [0.25, 0.3) is 0 Å². The first kappa shape index (κ1) is 12.9. The molecular weight excluding hydrogens is 269 g/mol. The van der Waals surface area contributed by atoms with Gasteiger partial charge in [-0.15, -0.1) is 0 Å². The molecule has 0 aliphatic rings. The first-order valence-corrected chi connectivity index (χ1v) is 7.06. The predicted molar refractivity (Wildman–Crippen MR) is 67.3 cm³/mol. The molecule has 0 amide bonds. The van der Waals surface area contributed by atoms with Gasteiger partial charge < -0.3 is 0 Å². The number of nitrogens with zero attached hydrogens (tertiary/aromatic N) is 1. The summed E-state index contributed by atoms with van der Waals surface area (Å²) in [5.74, 6) is 0. The fraction of sp³-hybridized carbons (Fsp3) is 0.333. The second kappa shape index (κ2) is 6.46. The van der Waals surface area contributed by atoms with Crippen molar-refractivity contribution in [1.29, 1.82) is 0 Å². The van der Waals surface area contributed by atoms with Crippen LogP contribution in [0.4, 0.5) is 5.69 Å².